The molecule has 2 aromatic carbocycles. The summed E-state index contributed by atoms with van der Waals surface area (Å²) in [5, 5.41) is 3.36. The highest BCUT2D eigenvalue weighted by atomic mass is 79.9. The van der Waals surface area contributed by atoms with Gasteiger partial charge < -0.3 is 5.32 Å². The number of sulfone groups is 1. The number of nitrogens with one attached hydrogen (secondary N) is 1. The molecule has 2 aromatic rings. The van der Waals surface area contributed by atoms with Crippen LogP contribution in [0.3, 0.4) is 0 Å². The molecule has 2 atom stereocenters. The second-order valence-corrected chi connectivity index (χ2v) is 9.57. The van der Waals surface area contributed by atoms with Gasteiger partial charge in [-0.25, -0.2) is 12.8 Å². The summed E-state index contributed by atoms with van der Waals surface area (Å²) in [7, 11) is -3.73. The maximum atomic E-state index is 13.7. The van der Waals surface area contributed by atoms with E-state index in [0.717, 1.165) is 34.5 Å². The lowest BCUT2D eigenvalue weighted by Gasteiger charge is -2.40. The number of benzene rings is 2. The molecule has 1 aliphatic heterocycles. The van der Waals surface area contributed by atoms with Crippen LogP contribution in [0.25, 0.3) is 0 Å². The van der Waals surface area contributed by atoms with Crippen molar-refractivity contribution in [2.45, 2.75) is 34.9 Å². The normalized spacial score (nSPS) is 26.0. The fourth-order valence-corrected chi connectivity index (χ4v) is 7.01. The average molecular weight is 410 g/mol. The fraction of sp³-hybridized carbons (Fsp3) is 0.333. The molecule has 2 unspecified atom stereocenters. The van der Waals surface area contributed by atoms with E-state index >= 15 is 0 Å². The van der Waals surface area contributed by atoms with E-state index in [1.165, 1.54) is 18.2 Å². The molecular weight excluding hydrogens is 393 g/mol. The Morgan fingerprint density at radius 2 is 2.04 bits per heavy atom. The minimum absolute atomic E-state index is 0.0620. The molecule has 1 aliphatic carbocycles. The van der Waals surface area contributed by atoms with Gasteiger partial charge in [-0.2, -0.15) is 0 Å². The Labute approximate surface area is 149 Å². The summed E-state index contributed by atoms with van der Waals surface area (Å²) >= 11 is 3.47. The SMILES string of the molecule is O=S(=O)(c1cccc(F)c1)C12CCNC1CCc1cc(Br)ccc12. The molecule has 1 heterocycles. The van der Waals surface area contributed by atoms with E-state index in [4.69, 9.17) is 0 Å². The third kappa shape index (κ3) is 2.20. The van der Waals surface area contributed by atoms with Crippen molar-refractivity contribution < 1.29 is 12.8 Å². The number of aryl methyl sites for hydroxylation is 1. The summed E-state index contributed by atoms with van der Waals surface area (Å²) in [6.07, 6.45) is 2.11. The summed E-state index contributed by atoms with van der Waals surface area (Å²) in [6, 6.07) is 11.0. The lowest BCUT2D eigenvalue weighted by atomic mass is 9.79. The van der Waals surface area contributed by atoms with Gasteiger partial charge >= 0.3 is 0 Å². The third-order valence-corrected chi connectivity index (χ3v) is 8.30. The van der Waals surface area contributed by atoms with Crippen LogP contribution in [0.5, 0.6) is 0 Å². The highest BCUT2D eigenvalue weighted by Crippen LogP contribution is 2.49. The lowest BCUT2D eigenvalue weighted by Crippen LogP contribution is -2.49. The Morgan fingerprint density at radius 1 is 1.21 bits per heavy atom. The van der Waals surface area contributed by atoms with Gasteiger partial charge in [-0.15, -0.1) is 0 Å². The maximum absolute atomic E-state index is 13.7. The van der Waals surface area contributed by atoms with E-state index in [1.54, 1.807) is 0 Å². The van der Waals surface area contributed by atoms with Crippen molar-refractivity contribution in [1.29, 1.82) is 0 Å². The van der Waals surface area contributed by atoms with E-state index in [1.807, 2.05) is 18.2 Å². The molecule has 6 heteroatoms. The Bertz CT molecular complexity index is 915. The molecule has 0 spiro atoms. The second-order valence-electron chi connectivity index (χ2n) is 6.45. The zero-order valence-electron chi connectivity index (χ0n) is 12.9. The Balaban J connectivity index is 1.98. The average Bonchev–Trinajstić information content (AvgIpc) is 3.00. The minimum atomic E-state index is -3.73. The van der Waals surface area contributed by atoms with E-state index in [0.29, 0.717) is 13.0 Å². The molecule has 2 aliphatic rings. The van der Waals surface area contributed by atoms with Crippen molar-refractivity contribution in [2.75, 3.05) is 6.54 Å². The molecule has 3 nitrogen and oxygen atoms in total. The fourth-order valence-electron chi connectivity index (χ4n) is 4.22. The second kappa shape index (κ2) is 5.64. The molecular formula is C18H17BrFNO2S. The topological polar surface area (TPSA) is 46.2 Å². The summed E-state index contributed by atoms with van der Waals surface area (Å²) in [5.41, 5.74) is 1.92. The Hall–Kier alpha value is -1.24. The quantitative estimate of drug-likeness (QED) is 0.824. The van der Waals surface area contributed by atoms with Crippen molar-refractivity contribution in [3.8, 4) is 0 Å². The van der Waals surface area contributed by atoms with E-state index in [2.05, 4.69) is 21.2 Å². The van der Waals surface area contributed by atoms with E-state index in [9.17, 15) is 12.8 Å². The minimum Gasteiger partial charge on any atom is -0.312 e. The lowest BCUT2D eigenvalue weighted by molar-refractivity contribution is 0.415. The molecule has 0 aromatic heterocycles. The van der Waals surface area contributed by atoms with Gasteiger partial charge in [-0.1, -0.05) is 28.1 Å². The molecule has 0 bridgehead atoms. The van der Waals surface area contributed by atoms with Crippen LogP contribution in [0.15, 0.2) is 51.8 Å². The van der Waals surface area contributed by atoms with Gasteiger partial charge in [0, 0.05) is 10.5 Å². The van der Waals surface area contributed by atoms with Crippen LogP contribution >= 0.6 is 15.9 Å². The van der Waals surface area contributed by atoms with Crippen LogP contribution in [-0.4, -0.2) is 21.0 Å². The number of hydrogen-bond acceptors (Lipinski definition) is 3. The maximum Gasteiger partial charge on any atom is 0.189 e. The van der Waals surface area contributed by atoms with E-state index in [-0.39, 0.29) is 10.9 Å². The molecule has 4 rings (SSSR count). The van der Waals surface area contributed by atoms with Gasteiger partial charge in [-0.05, 0) is 67.3 Å². The Kier molecular flexibility index (Phi) is 3.82. The van der Waals surface area contributed by atoms with Crippen molar-refractivity contribution in [3.05, 3.63) is 63.9 Å². The van der Waals surface area contributed by atoms with Gasteiger partial charge in [0.25, 0.3) is 0 Å². The molecule has 126 valence electrons. The van der Waals surface area contributed by atoms with Crippen LogP contribution in [-0.2, 0) is 21.0 Å². The van der Waals surface area contributed by atoms with Crippen molar-refractivity contribution in [1.82, 2.24) is 5.32 Å². The number of hydrogen-bond donors (Lipinski definition) is 1. The van der Waals surface area contributed by atoms with Gasteiger partial charge in [0.15, 0.2) is 9.84 Å². The molecule has 0 amide bonds. The summed E-state index contributed by atoms with van der Waals surface area (Å²) in [4.78, 5) is 0.0620. The monoisotopic (exact) mass is 409 g/mol. The van der Waals surface area contributed by atoms with Gasteiger partial charge in [0.2, 0.25) is 0 Å². The first kappa shape index (κ1) is 16.2. The molecule has 1 N–H and O–H groups in total. The first-order valence-electron chi connectivity index (χ1n) is 7.98. The van der Waals surface area contributed by atoms with E-state index < -0.39 is 20.4 Å². The first-order chi connectivity index (χ1) is 11.4. The zero-order chi connectivity index (χ0) is 16.9. The smallest absolute Gasteiger partial charge is 0.189 e. The van der Waals surface area contributed by atoms with Crippen molar-refractivity contribution in [2.24, 2.45) is 0 Å². The van der Waals surface area contributed by atoms with Gasteiger partial charge in [0.05, 0.1) is 4.90 Å². The number of halogens is 2. The molecule has 24 heavy (non-hydrogen) atoms. The molecule has 1 saturated heterocycles. The van der Waals surface area contributed by atoms with Crippen LogP contribution < -0.4 is 5.32 Å². The zero-order valence-corrected chi connectivity index (χ0v) is 15.3. The Morgan fingerprint density at radius 3 is 2.83 bits per heavy atom. The van der Waals surface area contributed by atoms with Crippen LogP contribution in [0.1, 0.15) is 24.0 Å². The summed E-state index contributed by atoms with van der Waals surface area (Å²) < 4.78 is 40.7. The predicted octanol–water partition coefficient (Wildman–Crippen LogP) is 3.57. The predicted molar refractivity (Wildman–Crippen MR) is 94.1 cm³/mol. The first-order valence-corrected chi connectivity index (χ1v) is 10.3. The molecule has 1 fully saturated rings. The highest BCUT2D eigenvalue weighted by molar-refractivity contribution is 9.10. The van der Waals surface area contributed by atoms with Gasteiger partial charge in [0.1, 0.15) is 10.6 Å². The molecule has 0 radical (unpaired) electrons. The van der Waals surface area contributed by atoms with Crippen molar-refractivity contribution >= 4 is 25.8 Å². The van der Waals surface area contributed by atoms with Gasteiger partial charge in [-0.3, -0.25) is 0 Å². The highest BCUT2D eigenvalue weighted by Gasteiger charge is 2.56. The standard InChI is InChI=1S/C18H17BrFNO2S/c19-13-5-6-16-12(10-13)4-7-17-18(16,8-9-21-17)24(22,23)15-3-1-2-14(20)11-15/h1-3,5-6,10-11,17,21H,4,7-9H2. The van der Waals surface area contributed by atoms with Crippen molar-refractivity contribution in [3.63, 3.8) is 0 Å². The summed E-state index contributed by atoms with van der Waals surface area (Å²) in [5.74, 6) is -0.526. The summed E-state index contributed by atoms with van der Waals surface area (Å²) in [6.45, 7) is 0.648. The molecule has 0 saturated carbocycles. The third-order valence-electron chi connectivity index (χ3n) is 5.26. The number of rotatable bonds is 2. The van der Waals surface area contributed by atoms with Crippen LogP contribution in [0.2, 0.25) is 0 Å². The van der Waals surface area contributed by atoms with Crippen LogP contribution in [0.4, 0.5) is 4.39 Å². The van der Waals surface area contributed by atoms with Crippen LogP contribution in [0, 0.1) is 5.82 Å². The number of fused-ring (bicyclic) bond motifs is 3. The largest absolute Gasteiger partial charge is 0.312 e.